The molecule has 6 heteroatoms. The highest BCUT2D eigenvalue weighted by Gasteiger charge is 2.24. The van der Waals surface area contributed by atoms with Crippen molar-refractivity contribution in [3.8, 4) is 0 Å². The van der Waals surface area contributed by atoms with Crippen molar-refractivity contribution in [1.82, 2.24) is 4.90 Å². The maximum atomic E-state index is 13.2. The van der Waals surface area contributed by atoms with Crippen molar-refractivity contribution in [3.63, 3.8) is 0 Å². The van der Waals surface area contributed by atoms with Crippen LogP contribution in [0.1, 0.15) is 33.6 Å². The quantitative estimate of drug-likeness (QED) is 0.543. The molecule has 0 unspecified atom stereocenters. The molecule has 1 N–H and O–H groups in total. The summed E-state index contributed by atoms with van der Waals surface area (Å²) in [5.41, 5.74) is 1.58. The molecular formula is C20H20FIN2O2. The Bertz CT molecular complexity index is 832. The fourth-order valence-corrected chi connectivity index (χ4v) is 3.85. The van der Waals surface area contributed by atoms with Gasteiger partial charge in [0.1, 0.15) is 5.82 Å². The van der Waals surface area contributed by atoms with E-state index in [4.69, 9.17) is 0 Å². The van der Waals surface area contributed by atoms with E-state index in [2.05, 4.69) is 17.3 Å². The van der Waals surface area contributed by atoms with Crippen LogP contribution in [0, 0.1) is 15.3 Å². The molecule has 0 radical (unpaired) electrons. The molecule has 2 aromatic rings. The number of carbonyl (C=O) groups is 2. The van der Waals surface area contributed by atoms with Crippen LogP contribution in [0.4, 0.5) is 10.1 Å². The Kier molecular flexibility index (Phi) is 6.03. The fourth-order valence-electron chi connectivity index (χ4n) is 3.13. The molecule has 1 aliphatic heterocycles. The van der Waals surface area contributed by atoms with E-state index in [1.807, 2.05) is 22.6 Å². The monoisotopic (exact) mass is 466 g/mol. The first-order chi connectivity index (χ1) is 12.4. The molecule has 2 aromatic carbocycles. The third-order valence-corrected chi connectivity index (χ3v) is 5.56. The number of hydrogen-bond acceptors (Lipinski definition) is 3. The highest BCUT2D eigenvalue weighted by Crippen LogP contribution is 2.23. The average molecular weight is 466 g/mol. The third kappa shape index (κ3) is 4.48. The number of benzene rings is 2. The predicted molar refractivity (Wildman–Crippen MR) is 108 cm³/mol. The number of likely N-dealkylation sites (tertiary alicyclic amines) is 1. The number of Topliss-reactive ketones (excluding diaryl/α,β-unsaturated/α-hetero) is 1. The van der Waals surface area contributed by atoms with Gasteiger partial charge in [0.15, 0.2) is 5.78 Å². The van der Waals surface area contributed by atoms with Gasteiger partial charge >= 0.3 is 0 Å². The van der Waals surface area contributed by atoms with Crippen LogP contribution in [0.15, 0.2) is 42.5 Å². The zero-order valence-corrected chi connectivity index (χ0v) is 16.6. The lowest BCUT2D eigenvalue weighted by atomic mass is 9.89. The smallest absolute Gasteiger partial charge is 0.256 e. The van der Waals surface area contributed by atoms with E-state index in [-0.39, 0.29) is 23.4 Å². The molecular weight excluding hydrogens is 446 g/mol. The van der Waals surface area contributed by atoms with Crippen molar-refractivity contribution in [2.75, 3.05) is 25.5 Å². The summed E-state index contributed by atoms with van der Waals surface area (Å²) < 4.78 is 13.7. The molecule has 0 spiro atoms. The zero-order valence-electron chi connectivity index (χ0n) is 14.5. The summed E-state index contributed by atoms with van der Waals surface area (Å²) in [7, 11) is 2.06. The normalized spacial score (nSPS) is 15.7. The van der Waals surface area contributed by atoms with E-state index >= 15 is 0 Å². The summed E-state index contributed by atoms with van der Waals surface area (Å²) in [6.07, 6.45) is 1.72. The highest BCUT2D eigenvalue weighted by atomic mass is 127. The minimum atomic E-state index is -0.378. The van der Waals surface area contributed by atoms with Gasteiger partial charge in [-0.05, 0) is 85.9 Å². The van der Waals surface area contributed by atoms with Crippen LogP contribution < -0.4 is 5.32 Å². The summed E-state index contributed by atoms with van der Waals surface area (Å²) in [6, 6.07) is 11.1. The lowest BCUT2D eigenvalue weighted by Gasteiger charge is -2.28. The number of halogens is 2. The number of nitrogens with zero attached hydrogens (tertiary/aromatic N) is 1. The van der Waals surface area contributed by atoms with Crippen molar-refractivity contribution < 1.29 is 14.0 Å². The van der Waals surface area contributed by atoms with E-state index in [1.54, 1.807) is 24.3 Å². The first-order valence-electron chi connectivity index (χ1n) is 8.53. The molecule has 3 rings (SSSR count). The Labute approximate surface area is 165 Å². The second-order valence-corrected chi connectivity index (χ2v) is 7.76. The largest absolute Gasteiger partial charge is 0.322 e. The van der Waals surface area contributed by atoms with Gasteiger partial charge in [0, 0.05) is 20.7 Å². The molecule has 0 aromatic heterocycles. The van der Waals surface area contributed by atoms with Gasteiger partial charge in [-0.25, -0.2) is 4.39 Å². The van der Waals surface area contributed by atoms with Crippen LogP contribution in [-0.4, -0.2) is 36.7 Å². The first-order valence-corrected chi connectivity index (χ1v) is 9.61. The Hall–Kier alpha value is -1.80. The van der Waals surface area contributed by atoms with Gasteiger partial charge in [0.25, 0.3) is 5.91 Å². The van der Waals surface area contributed by atoms with E-state index < -0.39 is 0 Å². The number of anilines is 1. The summed E-state index contributed by atoms with van der Waals surface area (Å²) in [6.45, 7) is 1.85. The Morgan fingerprint density at radius 3 is 2.58 bits per heavy atom. The molecule has 26 heavy (non-hydrogen) atoms. The SMILES string of the molecule is CN1CCC(C(=O)c2cccc(NC(=O)c3ccc(F)cc3I)c2)CC1. The standard InChI is InChI=1S/C20H20FIN2O2/c1-24-9-7-13(8-10-24)19(25)14-3-2-4-16(11-14)23-20(26)17-6-5-15(21)12-18(17)22/h2-6,11-13H,7-10H2,1H3,(H,23,26). The third-order valence-electron chi connectivity index (χ3n) is 4.67. The summed E-state index contributed by atoms with van der Waals surface area (Å²) in [5.74, 6) is -0.532. The number of ketones is 1. The van der Waals surface area contributed by atoms with Crippen molar-refractivity contribution in [3.05, 3.63) is 63.0 Å². The molecule has 0 atom stereocenters. The molecule has 0 aliphatic carbocycles. The van der Waals surface area contributed by atoms with Gasteiger partial charge in [-0.2, -0.15) is 0 Å². The number of piperidine rings is 1. The Morgan fingerprint density at radius 1 is 1.15 bits per heavy atom. The molecule has 1 amide bonds. The Balaban J connectivity index is 1.73. The topological polar surface area (TPSA) is 49.4 Å². The number of rotatable bonds is 4. The van der Waals surface area contributed by atoms with E-state index in [0.717, 1.165) is 25.9 Å². The summed E-state index contributed by atoms with van der Waals surface area (Å²) >= 11 is 1.93. The fraction of sp³-hybridized carbons (Fsp3) is 0.300. The molecule has 1 fully saturated rings. The lowest BCUT2D eigenvalue weighted by Crippen LogP contribution is -2.33. The number of hydrogen-bond donors (Lipinski definition) is 1. The minimum Gasteiger partial charge on any atom is -0.322 e. The van der Waals surface area contributed by atoms with Crippen molar-refractivity contribution in [1.29, 1.82) is 0 Å². The second kappa shape index (κ2) is 8.26. The molecule has 4 nitrogen and oxygen atoms in total. The lowest BCUT2D eigenvalue weighted by molar-refractivity contribution is 0.0856. The first kappa shape index (κ1) is 19.0. The van der Waals surface area contributed by atoms with E-state index in [0.29, 0.717) is 20.4 Å². The van der Waals surface area contributed by atoms with Crippen molar-refractivity contribution >= 4 is 40.0 Å². The van der Waals surface area contributed by atoms with Gasteiger partial charge in [0.05, 0.1) is 5.56 Å². The maximum absolute atomic E-state index is 13.2. The summed E-state index contributed by atoms with van der Waals surface area (Å²) in [5, 5.41) is 2.80. The van der Waals surface area contributed by atoms with Crippen LogP contribution in [0.3, 0.4) is 0 Å². The van der Waals surface area contributed by atoms with Crippen LogP contribution >= 0.6 is 22.6 Å². The Morgan fingerprint density at radius 2 is 1.88 bits per heavy atom. The maximum Gasteiger partial charge on any atom is 0.256 e. The molecule has 0 bridgehead atoms. The van der Waals surface area contributed by atoms with Crippen molar-refractivity contribution in [2.24, 2.45) is 5.92 Å². The number of nitrogens with one attached hydrogen (secondary N) is 1. The molecule has 1 heterocycles. The van der Waals surface area contributed by atoms with E-state index in [1.165, 1.54) is 18.2 Å². The van der Waals surface area contributed by atoms with Gasteiger partial charge in [0.2, 0.25) is 0 Å². The van der Waals surface area contributed by atoms with Gasteiger partial charge < -0.3 is 10.2 Å². The molecule has 0 saturated carbocycles. The molecule has 1 saturated heterocycles. The summed E-state index contributed by atoms with van der Waals surface area (Å²) in [4.78, 5) is 27.4. The van der Waals surface area contributed by atoms with Gasteiger partial charge in [-0.3, -0.25) is 9.59 Å². The highest BCUT2D eigenvalue weighted by molar-refractivity contribution is 14.1. The van der Waals surface area contributed by atoms with Crippen molar-refractivity contribution in [2.45, 2.75) is 12.8 Å². The van der Waals surface area contributed by atoms with Crippen LogP contribution in [-0.2, 0) is 0 Å². The number of carbonyl (C=O) groups excluding carboxylic acids is 2. The molecule has 1 aliphatic rings. The second-order valence-electron chi connectivity index (χ2n) is 6.60. The average Bonchev–Trinajstić information content (AvgIpc) is 2.62. The van der Waals surface area contributed by atoms with E-state index in [9.17, 15) is 14.0 Å². The minimum absolute atomic E-state index is 0.0372. The van der Waals surface area contributed by atoms with Crippen LogP contribution in [0.2, 0.25) is 0 Å². The number of amides is 1. The van der Waals surface area contributed by atoms with Crippen LogP contribution in [0.5, 0.6) is 0 Å². The van der Waals surface area contributed by atoms with Gasteiger partial charge in [-0.1, -0.05) is 12.1 Å². The molecule has 136 valence electrons. The predicted octanol–water partition coefficient (Wildman–Crippen LogP) is 4.21. The van der Waals surface area contributed by atoms with Crippen LogP contribution in [0.25, 0.3) is 0 Å². The van der Waals surface area contributed by atoms with Gasteiger partial charge in [-0.15, -0.1) is 0 Å². The zero-order chi connectivity index (χ0) is 18.7.